The van der Waals surface area contributed by atoms with E-state index in [9.17, 15) is 9.90 Å². The van der Waals surface area contributed by atoms with Crippen molar-refractivity contribution in [2.45, 2.75) is 44.7 Å². The van der Waals surface area contributed by atoms with E-state index < -0.39 is 11.5 Å². The van der Waals surface area contributed by atoms with Crippen LogP contribution in [0, 0.1) is 0 Å². The summed E-state index contributed by atoms with van der Waals surface area (Å²) in [4.78, 5) is 13.8. The first-order valence-corrected chi connectivity index (χ1v) is 6.51. The van der Waals surface area contributed by atoms with Crippen LogP contribution in [0.15, 0.2) is 12.3 Å². The Kier molecular flexibility index (Phi) is 3.43. The summed E-state index contributed by atoms with van der Waals surface area (Å²) < 4.78 is 1.82. The Labute approximate surface area is 107 Å². The number of aliphatic carboxylic acids is 1. The maximum atomic E-state index is 11.7. The predicted molar refractivity (Wildman–Crippen MR) is 68.2 cm³/mol. The van der Waals surface area contributed by atoms with Gasteiger partial charge in [-0.1, -0.05) is 6.92 Å². The van der Waals surface area contributed by atoms with Crippen LogP contribution in [0.4, 0.5) is 0 Å². The van der Waals surface area contributed by atoms with Crippen LogP contribution in [-0.4, -0.2) is 37.8 Å². The van der Waals surface area contributed by atoms with Gasteiger partial charge in [0.05, 0.1) is 5.69 Å². The lowest BCUT2D eigenvalue weighted by molar-refractivity contribution is -0.151. The van der Waals surface area contributed by atoms with Gasteiger partial charge in [-0.25, -0.2) is 0 Å². The largest absolute Gasteiger partial charge is 0.480 e. The molecule has 1 fully saturated rings. The summed E-state index contributed by atoms with van der Waals surface area (Å²) in [5.74, 6) is -0.698. The Morgan fingerprint density at radius 2 is 2.39 bits per heavy atom. The van der Waals surface area contributed by atoms with Gasteiger partial charge < -0.3 is 5.11 Å². The van der Waals surface area contributed by atoms with E-state index in [2.05, 4.69) is 16.9 Å². The van der Waals surface area contributed by atoms with Gasteiger partial charge in [-0.3, -0.25) is 14.4 Å². The van der Waals surface area contributed by atoms with E-state index >= 15 is 0 Å². The number of nitrogens with zero attached hydrogens (tertiary/aromatic N) is 3. The van der Waals surface area contributed by atoms with Crippen molar-refractivity contribution in [1.82, 2.24) is 14.7 Å². The maximum Gasteiger partial charge on any atom is 0.324 e. The summed E-state index contributed by atoms with van der Waals surface area (Å²) in [5.41, 5.74) is 0.361. The van der Waals surface area contributed by atoms with E-state index in [1.807, 2.05) is 24.7 Å². The van der Waals surface area contributed by atoms with Crippen molar-refractivity contribution >= 4 is 5.97 Å². The summed E-state index contributed by atoms with van der Waals surface area (Å²) in [6.07, 6.45) is 4.09. The van der Waals surface area contributed by atoms with Crippen molar-refractivity contribution in [2.75, 3.05) is 6.54 Å². The quantitative estimate of drug-likeness (QED) is 0.886. The highest BCUT2D eigenvalue weighted by molar-refractivity contribution is 5.79. The Balaban J connectivity index is 2.32. The standard InChI is InChI=1S/C13H21N3O2/c1-4-13(12(17)18)7-5-9-16(13)10(2)11-6-8-14-15(11)3/h6,8,10H,4-5,7,9H2,1-3H3,(H,17,18). The number of carboxylic acid groups (broad SMARTS) is 1. The van der Waals surface area contributed by atoms with Crippen molar-refractivity contribution < 1.29 is 9.90 Å². The lowest BCUT2D eigenvalue weighted by Crippen LogP contribution is -2.51. The SMILES string of the molecule is CCC1(C(=O)O)CCCN1C(C)c1ccnn1C. The maximum absolute atomic E-state index is 11.7. The molecule has 0 amide bonds. The number of rotatable bonds is 4. The highest BCUT2D eigenvalue weighted by Crippen LogP contribution is 2.39. The van der Waals surface area contributed by atoms with E-state index in [-0.39, 0.29) is 6.04 Å². The van der Waals surface area contributed by atoms with Crippen LogP contribution in [0.25, 0.3) is 0 Å². The molecular weight excluding hydrogens is 230 g/mol. The first-order valence-electron chi connectivity index (χ1n) is 6.51. The molecule has 1 aromatic heterocycles. The summed E-state index contributed by atoms with van der Waals surface area (Å²) >= 11 is 0. The van der Waals surface area contributed by atoms with Crippen molar-refractivity contribution in [1.29, 1.82) is 0 Å². The van der Waals surface area contributed by atoms with E-state index in [1.165, 1.54) is 0 Å². The minimum atomic E-state index is -0.705. The van der Waals surface area contributed by atoms with Crippen LogP contribution >= 0.6 is 0 Å². The number of aromatic nitrogens is 2. The number of likely N-dealkylation sites (tertiary alicyclic amines) is 1. The summed E-state index contributed by atoms with van der Waals surface area (Å²) in [6, 6.07) is 2.04. The molecule has 0 aromatic carbocycles. The molecule has 18 heavy (non-hydrogen) atoms. The van der Waals surface area contributed by atoms with Crippen LogP contribution in [0.3, 0.4) is 0 Å². The molecule has 0 radical (unpaired) electrons. The molecule has 2 rings (SSSR count). The summed E-state index contributed by atoms with van der Waals surface area (Å²) in [5, 5.41) is 13.8. The van der Waals surface area contributed by atoms with Crippen molar-refractivity contribution in [3.8, 4) is 0 Å². The molecule has 0 aliphatic carbocycles. The van der Waals surface area contributed by atoms with Crippen LogP contribution in [0.5, 0.6) is 0 Å². The molecule has 1 aliphatic heterocycles. The summed E-state index contributed by atoms with van der Waals surface area (Å²) in [6.45, 7) is 4.87. The minimum absolute atomic E-state index is 0.0797. The fraction of sp³-hybridized carbons (Fsp3) is 0.692. The molecule has 1 aromatic rings. The molecule has 100 valence electrons. The molecule has 1 N–H and O–H groups in total. The third-order valence-corrected chi connectivity index (χ3v) is 4.28. The highest BCUT2D eigenvalue weighted by atomic mass is 16.4. The fourth-order valence-corrected chi connectivity index (χ4v) is 3.18. The second kappa shape index (κ2) is 4.72. The molecule has 5 heteroatoms. The second-order valence-electron chi connectivity index (χ2n) is 5.04. The van der Waals surface area contributed by atoms with E-state index in [0.717, 1.165) is 25.1 Å². The number of aryl methyl sites for hydroxylation is 1. The molecule has 0 saturated carbocycles. The zero-order chi connectivity index (χ0) is 13.3. The Bertz CT molecular complexity index is 443. The molecule has 5 nitrogen and oxygen atoms in total. The highest BCUT2D eigenvalue weighted by Gasteiger charge is 2.48. The number of carbonyl (C=O) groups is 1. The van der Waals surface area contributed by atoms with Gasteiger partial charge in [0.1, 0.15) is 5.54 Å². The Hall–Kier alpha value is -1.36. The molecule has 2 heterocycles. The van der Waals surface area contributed by atoms with Gasteiger partial charge in [-0.05, 0) is 38.8 Å². The van der Waals surface area contributed by atoms with Gasteiger partial charge in [0, 0.05) is 19.3 Å². The van der Waals surface area contributed by atoms with E-state index in [4.69, 9.17) is 0 Å². The van der Waals surface area contributed by atoms with Crippen LogP contribution < -0.4 is 0 Å². The molecule has 1 saturated heterocycles. The molecule has 0 spiro atoms. The fourth-order valence-electron chi connectivity index (χ4n) is 3.18. The topological polar surface area (TPSA) is 58.4 Å². The van der Waals surface area contributed by atoms with Crippen LogP contribution in [0.1, 0.15) is 44.8 Å². The lowest BCUT2D eigenvalue weighted by Gasteiger charge is -2.38. The lowest BCUT2D eigenvalue weighted by atomic mass is 9.91. The van der Waals surface area contributed by atoms with Gasteiger partial charge in [-0.15, -0.1) is 0 Å². The van der Waals surface area contributed by atoms with Gasteiger partial charge in [0.2, 0.25) is 0 Å². The average molecular weight is 251 g/mol. The predicted octanol–water partition coefficient (Wildman–Crippen LogP) is 1.81. The molecule has 2 unspecified atom stereocenters. The second-order valence-corrected chi connectivity index (χ2v) is 5.04. The van der Waals surface area contributed by atoms with Gasteiger partial charge in [0.25, 0.3) is 0 Å². The normalized spacial score (nSPS) is 26.4. The molecule has 1 aliphatic rings. The van der Waals surface area contributed by atoms with Crippen molar-refractivity contribution in [2.24, 2.45) is 7.05 Å². The van der Waals surface area contributed by atoms with Crippen molar-refractivity contribution in [3.63, 3.8) is 0 Å². The number of hydrogen-bond donors (Lipinski definition) is 1. The van der Waals surface area contributed by atoms with E-state index in [1.54, 1.807) is 6.20 Å². The van der Waals surface area contributed by atoms with Crippen LogP contribution in [-0.2, 0) is 11.8 Å². The monoisotopic (exact) mass is 251 g/mol. The zero-order valence-corrected chi connectivity index (χ0v) is 11.3. The Morgan fingerprint density at radius 1 is 1.67 bits per heavy atom. The van der Waals surface area contributed by atoms with Crippen LogP contribution in [0.2, 0.25) is 0 Å². The average Bonchev–Trinajstić information content (AvgIpc) is 2.94. The molecule has 0 bridgehead atoms. The molecule has 2 atom stereocenters. The van der Waals surface area contributed by atoms with Gasteiger partial charge in [0.15, 0.2) is 0 Å². The van der Waals surface area contributed by atoms with Crippen molar-refractivity contribution in [3.05, 3.63) is 18.0 Å². The smallest absolute Gasteiger partial charge is 0.324 e. The van der Waals surface area contributed by atoms with Gasteiger partial charge in [-0.2, -0.15) is 5.10 Å². The first kappa shape index (κ1) is 13.1. The minimum Gasteiger partial charge on any atom is -0.480 e. The van der Waals surface area contributed by atoms with Gasteiger partial charge >= 0.3 is 5.97 Å². The third-order valence-electron chi connectivity index (χ3n) is 4.28. The Morgan fingerprint density at radius 3 is 2.89 bits per heavy atom. The number of carboxylic acids is 1. The third kappa shape index (κ3) is 1.82. The molecular formula is C13H21N3O2. The first-order chi connectivity index (χ1) is 8.53. The summed E-state index contributed by atoms with van der Waals surface area (Å²) in [7, 11) is 1.90. The zero-order valence-electron chi connectivity index (χ0n) is 11.3. The van der Waals surface area contributed by atoms with E-state index in [0.29, 0.717) is 6.42 Å². The number of hydrogen-bond acceptors (Lipinski definition) is 3.